The molecule has 0 aromatic rings. The molecule has 13 heteroatoms. The van der Waals surface area contributed by atoms with Crippen LogP contribution in [0.5, 0.6) is 0 Å². The summed E-state index contributed by atoms with van der Waals surface area (Å²) in [5, 5.41) is 0. The molecule has 0 aliphatic rings. The van der Waals surface area contributed by atoms with E-state index in [1.165, 1.54) is 141 Å². The molecule has 0 atom stereocenters. The van der Waals surface area contributed by atoms with Crippen molar-refractivity contribution < 1.29 is 35.5 Å². The van der Waals surface area contributed by atoms with Crippen LogP contribution >= 0.6 is 0 Å². The molecular formula is C44H84CaN2O8S2. The van der Waals surface area contributed by atoms with Crippen LogP contribution in [0.25, 0.3) is 0 Å². The van der Waals surface area contributed by atoms with Gasteiger partial charge in [-0.25, -0.2) is 16.8 Å². The predicted octanol–water partition coefficient (Wildman–Crippen LogP) is 10.5. The molecule has 0 saturated heterocycles. The van der Waals surface area contributed by atoms with Gasteiger partial charge in [0, 0.05) is 38.7 Å². The van der Waals surface area contributed by atoms with E-state index in [9.17, 15) is 35.5 Å². The standard InChI is InChI=1S/2C22H43NO4S.Ca/c2*1-3-4-5-6-7-8-9-10-11-12-13-14-15-16-19-22(24)23(2)20-17-18-21-28(25,26)27;/h2*16,19H,3-15,17-18,20-21H2,1-2H3,(H,25,26,27);/q;;+2/p-2/b2*19-16+;. The molecule has 0 N–H and O–H groups in total. The van der Waals surface area contributed by atoms with Gasteiger partial charge in [-0.05, 0) is 63.5 Å². The monoisotopic (exact) mass is 873 g/mol. The number of unbranched alkanes of at least 4 members (excludes halogenated alkanes) is 26. The van der Waals surface area contributed by atoms with Crippen molar-refractivity contribution in [2.45, 2.75) is 206 Å². The molecule has 0 aromatic carbocycles. The molecule has 0 aliphatic carbocycles. The van der Waals surface area contributed by atoms with Gasteiger partial charge in [-0.3, -0.25) is 9.59 Å². The Morgan fingerprint density at radius 2 is 0.667 bits per heavy atom. The van der Waals surface area contributed by atoms with E-state index in [1.807, 2.05) is 12.2 Å². The second kappa shape index (κ2) is 43.6. The maximum absolute atomic E-state index is 11.9. The second-order valence-electron chi connectivity index (χ2n) is 15.6. The summed E-state index contributed by atoms with van der Waals surface area (Å²) in [6.45, 7) is 5.45. The molecule has 0 bridgehead atoms. The molecule has 0 radical (unpaired) electrons. The fraction of sp³-hybridized carbons (Fsp3) is 0.864. The number of carbonyl (C=O) groups excluding carboxylic acids is 2. The topological polar surface area (TPSA) is 155 Å². The number of allylic oxidation sites excluding steroid dienone is 2. The summed E-state index contributed by atoms with van der Waals surface area (Å²) >= 11 is 0. The largest absolute Gasteiger partial charge is 2.00 e. The van der Waals surface area contributed by atoms with Gasteiger partial charge in [0.2, 0.25) is 11.8 Å². The van der Waals surface area contributed by atoms with Crippen LogP contribution in [0.1, 0.15) is 206 Å². The van der Waals surface area contributed by atoms with Crippen LogP contribution in [0, 0.1) is 0 Å². The minimum Gasteiger partial charge on any atom is -0.748 e. The predicted molar refractivity (Wildman–Crippen MR) is 238 cm³/mol. The molecule has 0 unspecified atom stereocenters. The number of hydrogen-bond donors (Lipinski definition) is 0. The van der Waals surface area contributed by atoms with Crippen LogP contribution in [0.3, 0.4) is 0 Å². The Balaban J connectivity index is -0.00000101. The third kappa shape index (κ3) is 51.6. The van der Waals surface area contributed by atoms with E-state index in [0.717, 1.165) is 25.7 Å². The van der Waals surface area contributed by atoms with Gasteiger partial charge in [0.15, 0.2) is 0 Å². The molecule has 2 amide bonds. The van der Waals surface area contributed by atoms with Gasteiger partial charge in [-0.2, -0.15) is 0 Å². The van der Waals surface area contributed by atoms with Crippen molar-refractivity contribution in [2.75, 3.05) is 38.7 Å². The molecule has 0 aromatic heterocycles. The zero-order chi connectivity index (χ0) is 42.2. The first-order chi connectivity index (χ1) is 26.7. The van der Waals surface area contributed by atoms with E-state index < -0.39 is 20.2 Å². The van der Waals surface area contributed by atoms with Crippen molar-refractivity contribution in [2.24, 2.45) is 0 Å². The molecule has 57 heavy (non-hydrogen) atoms. The summed E-state index contributed by atoms with van der Waals surface area (Å²) in [4.78, 5) is 27.0. The quantitative estimate of drug-likeness (QED) is 0.0257. The zero-order valence-electron chi connectivity index (χ0n) is 37.0. The van der Waals surface area contributed by atoms with Crippen LogP contribution in [-0.2, 0) is 29.8 Å². The van der Waals surface area contributed by atoms with E-state index in [2.05, 4.69) is 13.8 Å². The molecule has 0 fully saturated rings. The second-order valence-corrected chi connectivity index (χ2v) is 18.7. The Hall–Kier alpha value is -0.500. The van der Waals surface area contributed by atoms with Gasteiger partial charge in [-0.1, -0.05) is 167 Å². The minimum absolute atomic E-state index is 0. The summed E-state index contributed by atoms with van der Waals surface area (Å²) in [5.41, 5.74) is 0. The third-order valence-corrected chi connectivity index (χ3v) is 11.6. The van der Waals surface area contributed by atoms with Crippen molar-refractivity contribution in [1.82, 2.24) is 9.80 Å². The Bertz CT molecular complexity index is 1100. The first kappa shape index (κ1) is 60.8. The number of rotatable bonds is 38. The van der Waals surface area contributed by atoms with Gasteiger partial charge < -0.3 is 18.9 Å². The molecule has 0 rings (SSSR count). The Labute approximate surface area is 381 Å². The Morgan fingerprint density at radius 3 is 0.912 bits per heavy atom. The fourth-order valence-corrected chi connectivity index (χ4v) is 7.42. The molecular weight excluding hydrogens is 789 g/mol. The van der Waals surface area contributed by atoms with Crippen molar-refractivity contribution in [3.8, 4) is 0 Å². The summed E-state index contributed by atoms with van der Waals surface area (Å²) in [6.07, 6.45) is 42.4. The number of hydrogen-bond acceptors (Lipinski definition) is 8. The van der Waals surface area contributed by atoms with Gasteiger partial charge >= 0.3 is 37.7 Å². The summed E-state index contributed by atoms with van der Waals surface area (Å²) in [7, 11) is -4.90. The SMILES string of the molecule is CCCCCCCCCCCCCC/C=C/C(=O)N(C)CCCCS(=O)(=O)[O-].CCCCCCCCCCCCCC/C=C/C(=O)N(C)CCCCS(=O)(=O)[O-].[Ca+2]. The van der Waals surface area contributed by atoms with Crippen LogP contribution in [0.15, 0.2) is 24.3 Å². The van der Waals surface area contributed by atoms with Gasteiger partial charge in [0.25, 0.3) is 0 Å². The maximum Gasteiger partial charge on any atom is 2.00 e. The van der Waals surface area contributed by atoms with E-state index in [1.54, 1.807) is 36.0 Å². The Kier molecular flexibility index (Phi) is 46.5. The van der Waals surface area contributed by atoms with Crippen LogP contribution in [0.4, 0.5) is 0 Å². The number of amides is 2. The summed E-state index contributed by atoms with van der Waals surface area (Å²) in [6, 6.07) is 0. The molecule has 0 aliphatic heterocycles. The first-order valence-electron chi connectivity index (χ1n) is 22.4. The van der Waals surface area contributed by atoms with Crippen molar-refractivity contribution >= 4 is 69.8 Å². The molecule has 10 nitrogen and oxygen atoms in total. The number of likely N-dealkylation sites (N-methyl/N-ethyl adjacent to an activating group) is 2. The van der Waals surface area contributed by atoms with Crippen LogP contribution in [-0.4, -0.2) is 124 Å². The van der Waals surface area contributed by atoms with Crippen molar-refractivity contribution in [3.63, 3.8) is 0 Å². The molecule has 0 spiro atoms. The van der Waals surface area contributed by atoms with Gasteiger partial charge in [-0.15, -0.1) is 0 Å². The smallest absolute Gasteiger partial charge is 0.748 e. The van der Waals surface area contributed by atoms with E-state index in [0.29, 0.717) is 38.8 Å². The molecule has 0 saturated carbocycles. The number of nitrogens with zero attached hydrogens (tertiary/aromatic N) is 2. The van der Waals surface area contributed by atoms with Crippen molar-refractivity contribution in [3.05, 3.63) is 24.3 Å². The normalized spacial score (nSPS) is 11.8. The zero-order valence-corrected chi connectivity index (χ0v) is 40.9. The van der Waals surface area contributed by atoms with E-state index in [4.69, 9.17) is 0 Å². The fourth-order valence-electron chi connectivity index (χ4n) is 6.31. The van der Waals surface area contributed by atoms with E-state index >= 15 is 0 Å². The third-order valence-electron chi connectivity index (χ3n) is 10.00. The molecule has 0 heterocycles. The first-order valence-corrected chi connectivity index (χ1v) is 25.6. The maximum atomic E-state index is 11.9. The van der Waals surface area contributed by atoms with Crippen LogP contribution in [0.2, 0.25) is 0 Å². The number of carbonyl (C=O) groups is 2. The molecule has 332 valence electrons. The minimum atomic E-state index is -4.15. The van der Waals surface area contributed by atoms with E-state index in [-0.39, 0.29) is 61.1 Å². The summed E-state index contributed by atoms with van der Waals surface area (Å²) in [5.74, 6) is -0.846. The Morgan fingerprint density at radius 1 is 0.421 bits per heavy atom. The van der Waals surface area contributed by atoms with Gasteiger partial charge in [0.05, 0.1) is 20.2 Å². The van der Waals surface area contributed by atoms with Crippen LogP contribution < -0.4 is 0 Å². The summed E-state index contributed by atoms with van der Waals surface area (Å²) < 4.78 is 63.1. The van der Waals surface area contributed by atoms with Gasteiger partial charge in [0.1, 0.15) is 0 Å². The average molecular weight is 873 g/mol. The average Bonchev–Trinajstić information content (AvgIpc) is 3.14. The van der Waals surface area contributed by atoms with Crippen molar-refractivity contribution in [1.29, 1.82) is 0 Å².